The Kier molecular flexibility index (Phi) is 6.47. The largest absolute Gasteiger partial charge is 0.489 e. The van der Waals surface area contributed by atoms with E-state index in [0.717, 1.165) is 5.56 Å². The summed E-state index contributed by atoms with van der Waals surface area (Å²) in [7, 11) is 0. The van der Waals surface area contributed by atoms with Crippen molar-refractivity contribution < 1.29 is 19.4 Å². The number of anilines is 1. The Balaban J connectivity index is 1.75. The van der Waals surface area contributed by atoms with E-state index in [0.29, 0.717) is 29.2 Å². The van der Waals surface area contributed by atoms with Gasteiger partial charge in [-0.15, -0.1) is 0 Å². The highest BCUT2D eigenvalue weighted by atomic mass is 16.5. The monoisotopic (exact) mass is 390 g/mol. The van der Waals surface area contributed by atoms with Crippen molar-refractivity contribution in [1.82, 2.24) is 5.32 Å². The molecule has 0 aliphatic heterocycles. The topological polar surface area (TPSA) is 102 Å². The van der Waals surface area contributed by atoms with Crippen LogP contribution in [0.3, 0.4) is 0 Å². The number of amides is 1. The molecule has 3 aromatic rings. The number of carbonyl (C=O) groups excluding carboxylic acids is 1. The predicted octanol–water partition coefficient (Wildman–Crippen LogP) is 3.79. The molecule has 3 rings (SSSR count). The van der Waals surface area contributed by atoms with Gasteiger partial charge in [0.1, 0.15) is 12.4 Å². The summed E-state index contributed by atoms with van der Waals surface area (Å²) in [6.07, 6.45) is -0.227. The molecule has 0 spiro atoms. The SMILES string of the molecule is Nc1cc(OCc2ccccc2)cc(C(=O)N[C@@H](CC(=O)O)c2ccccc2)c1. The van der Waals surface area contributed by atoms with Crippen molar-refractivity contribution >= 4 is 17.6 Å². The van der Waals surface area contributed by atoms with Crippen LogP contribution in [0.15, 0.2) is 78.9 Å². The summed E-state index contributed by atoms with van der Waals surface area (Å²) in [6.45, 7) is 0.344. The third kappa shape index (κ3) is 5.84. The Hall–Kier alpha value is -3.80. The van der Waals surface area contributed by atoms with E-state index in [2.05, 4.69) is 5.32 Å². The lowest BCUT2D eigenvalue weighted by molar-refractivity contribution is -0.137. The molecule has 29 heavy (non-hydrogen) atoms. The van der Waals surface area contributed by atoms with Crippen LogP contribution in [-0.4, -0.2) is 17.0 Å². The van der Waals surface area contributed by atoms with Crippen LogP contribution in [0.2, 0.25) is 0 Å². The number of carboxylic acids is 1. The van der Waals surface area contributed by atoms with Gasteiger partial charge >= 0.3 is 5.97 Å². The molecule has 0 aliphatic rings. The van der Waals surface area contributed by atoms with Gasteiger partial charge < -0.3 is 20.9 Å². The number of nitrogens with two attached hydrogens (primary N) is 1. The minimum Gasteiger partial charge on any atom is -0.489 e. The van der Waals surface area contributed by atoms with Crippen molar-refractivity contribution in [1.29, 1.82) is 0 Å². The number of benzene rings is 3. The first-order chi connectivity index (χ1) is 14.0. The van der Waals surface area contributed by atoms with Gasteiger partial charge in [0.25, 0.3) is 5.91 Å². The minimum atomic E-state index is -1.00. The second-order valence-corrected chi connectivity index (χ2v) is 6.60. The lowest BCUT2D eigenvalue weighted by atomic mass is 10.0. The first-order valence-electron chi connectivity index (χ1n) is 9.16. The molecule has 148 valence electrons. The molecule has 6 nitrogen and oxygen atoms in total. The zero-order chi connectivity index (χ0) is 20.6. The molecule has 1 amide bonds. The summed E-state index contributed by atoms with van der Waals surface area (Å²) in [5.74, 6) is -0.955. The number of carbonyl (C=O) groups is 2. The highest BCUT2D eigenvalue weighted by Crippen LogP contribution is 2.22. The Labute approximate surface area is 168 Å². The van der Waals surface area contributed by atoms with E-state index in [1.54, 1.807) is 36.4 Å². The van der Waals surface area contributed by atoms with Gasteiger partial charge in [0.2, 0.25) is 0 Å². The zero-order valence-electron chi connectivity index (χ0n) is 15.7. The molecule has 0 aliphatic carbocycles. The van der Waals surface area contributed by atoms with E-state index in [1.165, 1.54) is 6.07 Å². The lowest BCUT2D eigenvalue weighted by Gasteiger charge is -2.18. The maximum atomic E-state index is 12.8. The summed E-state index contributed by atoms with van der Waals surface area (Å²) in [6, 6.07) is 22.7. The Morgan fingerprint density at radius 3 is 2.28 bits per heavy atom. The standard InChI is InChI=1S/C23H22N2O4/c24-19-11-18(12-20(13-19)29-15-16-7-3-1-4-8-16)23(28)25-21(14-22(26)27)17-9-5-2-6-10-17/h1-13,21H,14-15,24H2,(H,25,28)(H,26,27)/t21-/m0/s1. The number of carboxylic acid groups (broad SMARTS) is 1. The molecule has 0 unspecified atom stereocenters. The smallest absolute Gasteiger partial charge is 0.305 e. The number of ether oxygens (including phenoxy) is 1. The molecule has 0 saturated carbocycles. The van der Waals surface area contributed by atoms with Gasteiger partial charge in [0, 0.05) is 17.3 Å². The normalized spacial score (nSPS) is 11.4. The molecule has 0 bridgehead atoms. The Bertz CT molecular complexity index is 975. The summed E-state index contributed by atoms with van der Waals surface area (Å²) in [4.78, 5) is 24.0. The summed E-state index contributed by atoms with van der Waals surface area (Å²) >= 11 is 0. The van der Waals surface area contributed by atoms with Crippen molar-refractivity contribution in [3.8, 4) is 5.75 Å². The zero-order valence-corrected chi connectivity index (χ0v) is 15.7. The summed E-state index contributed by atoms with van der Waals surface area (Å²) in [5, 5.41) is 12.0. The molecule has 0 fully saturated rings. The average Bonchev–Trinajstić information content (AvgIpc) is 2.72. The number of rotatable bonds is 8. The van der Waals surface area contributed by atoms with E-state index in [1.807, 2.05) is 36.4 Å². The predicted molar refractivity (Wildman–Crippen MR) is 111 cm³/mol. The second kappa shape index (κ2) is 9.41. The van der Waals surface area contributed by atoms with Gasteiger partial charge in [0.05, 0.1) is 12.5 Å². The molecule has 3 aromatic carbocycles. The van der Waals surface area contributed by atoms with E-state index in [4.69, 9.17) is 10.5 Å². The summed E-state index contributed by atoms with van der Waals surface area (Å²) < 4.78 is 5.76. The maximum absolute atomic E-state index is 12.8. The molecule has 4 N–H and O–H groups in total. The highest BCUT2D eigenvalue weighted by Gasteiger charge is 2.19. The van der Waals surface area contributed by atoms with Crippen LogP contribution in [0.5, 0.6) is 5.75 Å². The van der Waals surface area contributed by atoms with Crippen LogP contribution in [0, 0.1) is 0 Å². The van der Waals surface area contributed by atoms with Crippen LogP contribution >= 0.6 is 0 Å². The number of nitrogens with one attached hydrogen (secondary N) is 1. The fourth-order valence-electron chi connectivity index (χ4n) is 2.93. The fraction of sp³-hybridized carbons (Fsp3) is 0.130. The number of hydrogen-bond donors (Lipinski definition) is 3. The second-order valence-electron chi connectivity index (χ2n) is 6.60. The third-order valence-corrected chi connectivity index (χ3v) is 4.33. The van der Waals surface area contributed by atoms with E-state index in [9.17, 15) is 14.7 Å². The Morgan fingerprint density at radius 1 is 0.966 bits per heavy atom. The van der Waals surface area contributed by atoms with Gasteiger partial charge in [-0.1, -0.05) is 60.7 Å². The number of aliphatic carboxylic acids is 1. The molecule has 0 heterocycles. The van der Waals surface area contributed by atoms with Crippen molar-refractivity contribution in [2.45, 2.75) is 19.1 Å². The molecule has 1 atom stereocenters. The number of hydrogen-bond acceptors (Lipinski definition) is 4. The number of nitrogen functional groups attached to an aromatic ring is 1. The van der Waals surface area contributed by atoms with Gasteiger partial charge in [-0.2, -0.15) is 0 Å². The van der Waals surface area contributed by atoms with E-state index in [-0.39, 0.29) is 6.42 Å². The van der Waals surface area contributed by atoms with Crippen LogP contribution in [0.25, 0.3) is 0 Å². The molecular formula is C23H22N2O4. The van der Waals surface area contributed by atoms with Crippen molar-refractivity contribution in [2.24, 2.45) is 0 Å². The average molecular weight is 390 g/mol. The van der Waals surface area contributed by atoms with Gasteiger partial charge in [-0.3, -0.25) is 9.59 Å². The van der Waals surface area contributed by atoms with Crippen LogP contribution < -0.4 is 15.8 Å². The van der Waals surface area contributed by atoms with Gasteiger partial charge in [-0.25, -0.2) is 0 Å². The molecular weight excluding hydrogens is 368 g/mol. The Morgan fingerprint density at radius 2 is 1.62 bits per heavy atom. The molecule has 6 heteroatoms. The quantitative estimate of drug-likeness (QED) is 0.508. The first-order valence-corrected chi connectivity index (χ1v) is 9.16. The molecule has 0 radical (unpaired) electrons. The maximum Gasteiger partial charge on any atom is 0.305 e. The van der Waals surface area contributed by atoms with Crippen molar-refractivity contribution in [3.63, 3.8) is 0 Å². The van der Waals surface area contributed by atoms with E-state index >= 15 is 0 Å². The van der Waals surface area contributed by atoms with Gasteiger partial charge in [0.15, 0.2) is 0 Å². The van der Waals surface area contributed by atoms with Crippen molar-refractivity contribution in [3.05, 3.63) is 95.6 Å². The van der Waals surface area contributed by atoms with Crippen molar-refractivity contribution in [2.75, 3.05) is 5.73 Å². The van der Waals surface area contributed by atoms with Crippen LogP contribution in [-0.2, 0) is 11.4 Å². The molecule has 0 aromatic heterocycles. The highest BCUT2D eigenvalue weighted by molar-refractivity contribution is 5.96. The van der Waals surface area contributed by atoms with Crippen LogP contribution in [0.4, 0.5) is 5.69 Å². The minimum absolute atomic E-state index is 0.227. The van der Waals surface area contributed by atoms with E-state index < -0.39 is 17.9 Å². The summed E-state index contributed by atoms with van der Waals surface area (Å²) in [5.41, 5.74) is 8.33. The fourth-order valence-corrected chi connectivity index (χ4v) is 2.93. The van der Waals surface area contributed by atoms with Gasteiger partial charge in [-0.05, 0) is 23.3 Å². The molecule has 0 saturated heterocycles. The lowest BCUT2D eigenvalue weighted by Crippen LogP contribution is -2.30. The third-order valence-electron chi connectivity index (χ3n) is 4.33. The first kappa shape index (κ1) is 19.9. The van der Waals surface area contributed by atoms with Crippen LogP contribution in [0.1, 0.15) is 33.9 Å².